The van der Waals surface area contributed by atoms with Crippen molar-refractivity contribution in [3.8, 4) is 0 Å². The Kier molecular flexibility index (Phi) is 2.94. The molecule has 0 aliphatic carbocycles. The lowest BCUT2D eigenvalue weighted by molar-refractivity contribution is 0.746. The number of hydrogen-bond donors (Lipinski definition) is 0. The maximum Gasteiger partial charge on any atom is 0.131 e. The molecule has 0 aromatic carbocycles. The van der Waals surface area contributed by atoms with Gasteiger partial charge in [0.1, 0.15) is 5.82 Å². The number of aryl methyl sites for hydroxylation is 2. The van der Waals surface area contributed by atoms with Gasteiger partial charge in [-0.15, -0.1) is 0 Å². The first-order valence-corrected chi connectivity index (χ1v) is 6.25. The zero-order valence-electron chi connectivity index (χ0n) is 11.6. The number of fused-ring (bicyclic) bond motifs is 1. The number of hydrogen-bond acceptors (Lipinski definition) is 2. The Hall–Kier alpha value is -1.38. The minimum atomic E-state index is 0.376. The van der Waals surface area contributed by atoms with Crippen molar-refractivity contribution >= 4 is 11.0 Å². The highest BCUT2D eigenvalue weighted by Gasteiger charge is 2.16. The summed E-state index contributed by atoms with van der Waals surface area (Å²) in [6.07, 6.45) is 1.95. The van der Waals surface area contributed by atoms with Crippen LogP contribution in [0.3, 0.4) is 0 Å². The molecule has 0 unspecified atom stereocenters. The summed E-state index contributed by atoms with van der Waals surface area (Å²) in [6, 6.07) is 0. The maximum absolute atomic E-state index is 4.71. The van der Waals surface area contributed by atoms with Gasteiger partial charge in [0.05, 0.1) is 17.2 Å². The lowest BCUT2D eigenvalue weighted by atomic mass is 10.1. The molecule has 2 heterocycles. The van der Waals surface area contributed by atoms with Crippen molar-refractivity contribution in [1.29, 1.82) is 0 Å². The Bertz CT molecular complexity index is 550. The Morgan fingerprint density at radius 1 is 1.12 bits per heavy atom. The zero-order chi connectivity index (χ0) is 12.7. The summed E-state index contributed by atoms with van der Waals surface area (Å²) in [5.41, 5.74) is 4.89. The molecule has 2 aromatic rings. The topological polar surface area (TPSA) is 30.7 Å². The van der Waals surface area contributed by atoms with Crippen LogP contribution in [0, 0.1) is 6.92 Å². The van der Waals surface area contributed by atoms with Gasteiger partial charge in [0.2, 0.25) is 0 Å². The minimum Gasteiger partial charge on any atom is -0.345 e. The second-order valence-electron chi connectivity index (χ2n) is 5.34. The van der Waals surface area contributed by atoms with Gasteiger partial charge >= 0.3 is 0 Å². The summed E-state index contributed by atoms with van der Waals surface area (Å²) in [6.45, 7) is 10.9. The van der Waals surface area contributed by atoms with Crippen molar-refractivity contribution in [2.75, 3.05) is 0 Å². The molecule has 2 aromatic heterocycles. The van der Waals surface area contributed by atoms with Crippen LogP contribution in [0.15, 0.2) is 6.20 Å². The summed E-state index contributed by atoms with van der Waals surface area (Å²) >= 11 is 0. The molecule has 0 aliphatic rings. The quantitative estimate of drug-likeness (QED) is 0.791. The van der Waals surface area contributed by atoms with Gasteiger partial charge in [-0.3, -0.25) is 0 Å². The van der Waals surface area contributed by atoms with Gasteiger partial charge < -0.3 is 4.57 Å². The molecule has 0 aliphatic heterocycles. The fraction of sp³-hybridized carbons (Fsp3) is 0.571. The highest BCUT2D eigenvalue weighted by atomic mass is 15.0. The van der Waals surface area contributed by atoms with Crippen molar-refractivity contribution in [3.05, 3.63) is 23.3 Å². The first-order chi connectivity index (χ1) is 7.93. The van der Waals surface area contributed by atoms with E-state index in [1.165, 1.54) is 11.3 Å². The van der Waals surface area contributed by atoms with Crippen LogP contribution >= 0.6 is 0 Å². The van der Waals surface area contributed by atoms with Gasteiger partial charge in [0.15, 0.2) is 0 Å². The number of aromatic nitrogens is 3. The average Bonchev–Trinajstić information content (AvgIpc) is 2.51. The van der Waals surface area contributed by atoms with E-state index in [9.17, 15) is 0 Å². The van der Waals surface area contributed by atoms with Crippen molar-refractivity contribution < 1.29 is 0 Å². The molecular weight excluding hydrogens is 210 g/mol. The van der Waals surface area contributed by atoms with E-state index < -0.39 is 0 Å². The van der Waals surface area contributed by atoms with Crippen molar-refractivity contribution in [2.45, 2.75) is 46.5 Å². The number of nitrogens with zero attached hydrogens (tertiary/aromatic N) is 3. The molecule has 0 radical (unpaired) electrons. The van der Waals surface area contributed by atoms with E-state index in [-0.39, 0.29) is 0 Å². The summed E-state index contributed by atoms with van der Waals surface area (Å²) in [5.74, 6) is 1.82. The third-order valence-corrected chi connectivity index (χ3v) is 3.31. The van der Waals surface area contributed by atoms with Crippen molar-refractivity contribution in [1.82, 2.24) is 14.5 Å². The molecule has 0 saturated heterocycles. The van der Waals surface area contributed by atoms with E-state index >= 15 is 0 Å². The second kappa shape index (κ2) is 4.13. The first-order valence-electron chi connectivity index (χ1n) is 6.25. The summed E-state index contributed by atoms with van der Waals surface area (Å²) in [4.78, 5) is 9.16. The van der Waals surface area contributed by atoms with Gasteiger partial charge in [-0.25, -0.2) is 9.97 Å². The molecule has 0 atom stereocenters. The van der Waals surface area contributed by atoms with Crippen LogP contribution in [0.2, 0.25) is 0 Å². The molecule has 0 spiro atoms. The van der Waals surface area contributed by atoms with Gasteiger partial charge in [-0.2, -0.15) is 0 Å². The highest BCUT2D eigenvalue weighted by Crippen LogP contribution is 2.28. The molecule has 0 amide bonds. The minimum absolute atomic E-state index is 0.376. The SMILES string of the molecule is Cc1c(C(C)C)n(C)c2cnc(C(C)C)nc12. The molecule has 92 valence electrons. The number of rotatable bonds is 2. The summed E-state index contributed by atoms with van der Waals surface area (Å²) in [5, 5.41) is 0. The van der Waals surface area contributed by atoms with Crippen LogP contribution in [0.25, 0.3) is 11.0 Å². The highest BCUT2D eigenvalue weighted by molar-refractivity contribution is 5.80. The largest absolute Gasteiger partial charge is 0.345 e. The van der Waals surface area contributed by atoms with Crippen LogP contribution in [0.4, 0.5) is 0 Å². The molecule has 3 nitrogen and oxygen atoms in total. The monoisotopic (exact) mass is 231 g/mol. The van der Waals surface area contributed by atoms with Crippen LogP contribution in [0.1, 0.15) is 56.6 Å². The van der Waals surface area contributed by atoms with Crippen molar-refractivity contribution in [3.63, 3.8) is 0 Å². The molecule has 0 saturated carbocycles. The molecular formula is C14H21N3. The third kappa shape index (κ3) is 1.84. The van der Waals surface area contributed by atoms with Gasteiger partial charge in [0, 0.05) is 18.7 Å². The first kappa shape index (κ1) is 12.1. The summed E-state index contributed by atoms with van der Waals surface area (Å²) in [7, 11) is 2.10. The second-order valence-corrected chi connectivity index (χ2v) is 5.34. The molecule has 17 heavy (non-hydrogen) atoms. The van der Waals surface area contributed by atoms with E-state index in [1.807, 2.05) is 6.20 Å². The molecule has 2 rings (SSSR count). The standard InChI is InChI=1S/C14H21N3/c1-8(2)13-10(5)12-11(17(13)6)7-15-14(16-12)9(3)4/h7-9H,1-6H3. The molecule has 0 fully saturated rings. The van der Waals surface area contributed by atoms with Crippen LogP contribution in [0.5, 0.6) is 0 Å². The molecule has 0 bridgehead atoms. The Labute approximate surface area is 103 Å². The van der Waals surface area contributed by atoms with E-state index in [0.717, 1.165) is 16.9 Å². The Morgan fingerprint density at radius 3 is 2.29 bits per heavy atom. The van der Waals surface area contributed by atoms with Crippen LogP contribution in [-0.2, 0) is 7.05 Å². The predicted molar refractivity (Wildman–Crippen MR) is 71.4 cm³/mol. The van der Waals surface area contributed by atoms with Crippen LogP contribution < -0.4 is 0 Å². The molecule has 0 N–H and O–H groups in total. The smallest absolute Gasteiger partial charge is 0.131 e. The normalized spacial score (nSPS) is 12.0. The third-order valence-electron chi connectivity index (χ3n) is 3.31. The van der Waals surface area contributed by atoms with Crippen LogP contribution in [-0.4, -0.2) is 14.5 Å². The zero-order valence-corrected chi connectivity index (χ0v) is 11.6. The van der Waals surface area contributed by atoms with Gasteiger partial charge in [-0.05, 0) is 18.4 Å². The van der Waals surface area contributed by atoms with E-state index in [2.05, 4.69) is 51.2 Å². The maximum atomic E-state index is 4.71. The van der Waals surface area contributed by atoms with Gasteiger partial charge in [-0.1, -0.05) is 27.7 Å². The van der Waals surface area contributed by atoms with E-state index in [0.29, 0.717) is 11.8 Å². The lowest BCUT2D eigenvalue weighted by Gasteiger charge is -2.08. The Balaban J connectivity index is 2.75. The van der Waals surface area contributed by atoms with Crippen molar-refractivity contribution in [2.24, 2.45) is 7.05 Å². The van der Waals surface area contributed by atoms with E-state index in [1.54, 1.807) is 0 Å². The molecule has 3 heteroatoms. The van der Waals surface area contributed by atoms with E-state index in [4.69, 9.17) is 4.98 Å². The van der Waals surface area contributed by atoms with Gasteiger partial charge in [0.25, 0.3) is 0 Å². The summed E-state index contributed by atoms with van der Waals surface area (Å²) < 4.78 is 2.22. The predicted octanol–water partition coefficient (Wildman–Crippen LogP) is 3.52. The fourth-order valence-electron chi connectivity index (χ4n) is 2.51. The fourth-order valence-corrected chi connectivity index (χ4v) is 2.51. The average molecular weight is 231 g/mol. The Morgan fingerprint density at radius 2 is 1.76 bits per heavy atom. The lowest BCUT2D eigenvalue weighted by Crippen LogP contribution is -2.00.